The van der Waals surface area contributed by atoms with Crippen LogP contribution >= 0.6 is 11.6 Å². The highest BCUT2D eigenvalue weighted by molar-refractivity contribution is 6.30. The van der Waals surface area contributed by atoms with Crippen LogP contribution in [0.2, 0.25) is 5.02 Å². The van der Waals surface area contributed by atoms with Crippen LogP contribution in [0.5, 0.6) is 0 Å². The van der Waals surface area contributed by atoms with Gasteiger partial charge >= 0.3 is 6.03 Å². The number of halogens is 1. The topological polar surface area (TPSA) is 52.7 Å². The molecule has 23 heavy (non-hydrogen) atoms. The van der Waals surface area contributed by atoms with Crippen molar-refractivity contribution in [2.24, 2.45) is 5.92 Å². The van der Waals surface area contributed by atoms with Crippen molar-refractivity contribution in [3.8, 4) is 0 Å². The van der Waals surface area contributed by atoms with Gasteiger partial charge in [-0.05, 0) is 43.0 Å². The fraction of sp³-hybridized carbons (Fsp3) is 0.529. The van der Waals surface area contributed by atoms with Gasteiger partial charge in [-0.25, -0.2) is 4.79 Å². The molecule has 6 heteroatoms. The molecule has 0 unspecified atom stereocenters. The largest absolute Gasteiger partial charge is 0.333 e. The Kier molecular flexibility index (Phi) is 4.76. The normalized spacial score (nSPS) is 24.9. The lowest BCUT2D eigenvalue weighted by atomic mass is 10.0. The lowest BCUT2D eigenvalue weighted by Crippen LogP contribution is -2.49. The van der Waals surface area contributed by atoms with Gasteiger partial charge in [0.2, 0.25) is 5.91 Å². The summed E-state index contributed by atoms with van der Waals surface area (Å²) in [4.78, 5) is 28.1. The third-order valence-corrected chi connectivity index (χ3v) is 4.79. The standard InChI is InChI=1S/C17H22ClN3O2/c1-12-3-2-8-20(10-12)17(23)19-14-9-16(22)21(11-14)15-6-4-13(18)5-7-15/h4-7,12,14H,2-3,8-11H2,1H3,(H,19,23)/t12-,14-/m0/s1. The minimum atomic E-state index is -0.136. The number of benzene rings is 1. The number of anilines is 1. The van der Waals surface area contributed by atoms with Crippen molar-refractivity contribution in [3.05, 3.63) is 29.3 Å². The second-order valence-corrected chi connectivity index (χ2v) is 6.96. The first kappa shape index (κ1) is 16.1. The van der Waals surface area contributed by atoms with E-state index in [0.29, 0.717) is 23.9 Å². The molecule has 2 aliphatic rings. The number of nitrogens with one attached hydrogen (secondary N) is 1. The molecule has 0 bridgehead atoms. The van der Waals surface area contributed by atoms with Crippen LogP contribution < -0.4 is 10.2 Å². The predicted molar refractivity (Wildman–Crippen MR) is 90.7 cm³/mol. The summed E-state index contributed by atoms with van der Waals surface area (Å²) < 4.78 is 0. The number of hydrogen-bond acceptors (Lipinski definition) is 2. The van der Waals surface area contributed by atoms with Crippen LogP contribution in [0.25, 0.3) is 0 Å². The minimum absolute atomic E-state index is 0.0321. The molecule has 0 aliphatic carbocycles. The summed E-state index contributed by atoms with van der Waals surface area (Å²) in [6, 6.07) is 7.01. The fourth-order valence-corrected chi connectivity index (χ4v) is 3.44. The maximum Gasteiger partial charge on any atom is 0.317 e. The SMILES string of the molecule is C[C@H]1CCCN(C(=O)N[C@H]2CC(=O)N(c3ccc(Cl)cc3)C2)C1. The van der Waals surface area contributed by atoms with E-state index in [4.69, 9.17) is 11.6 Å². The quantitative estimate of drug-likeness (QED) is 0.903. The number of likely N-dealkylation sites (tertiary alicyclic amines) is 1. The van der Waals surface area contributed by atoms with E-state index in [2.05, 4.69) is 12.2 Å². The molecule has 1 aromatic rings. The number of carbonyl (C=O) groups excluding carboxylic acids is 2. The van der Waals surface area contributed by atoms with Crippen LogP contribution in [0.1, 0.15) is 26.2 Å². The molecule has 2 aliphatic heterocycles. The van der Waals surface area contributed by atoms with Crippen molar-refractivity contribution in [1.29, 1.82) is 0 Å². The van der Waals surface area contributed by atoms with E-state index in [-0.39, 0.29) is 18.0 Å². The molecule has 3 amide bonds. The number of piperidine rings is 1. The summed E-state index contributed by atoms with van der Waals surface area (Å²) in [5.41, 5.74) is 0.822. The van der Waals surface area contributed by atoms with Crippen LogP contribution in [0.15, 0.2) is 24.3 Å². The highest BCUT2D eigenvalue weighted by atomic mass is 35.5. The van der Waals surface area contributed by atoms with E-state index in [0.717, 1.165) is 25.2 Å². The van der Waals surface area contributed by atoms with Crippen molar-refractivity contribution in [2.75, 3.05) is 24.5 Å². The summed E-state index contributed by atoms with van der Waals surface area (Å²) in [6.45, 7) is 4.28. The average Bonchev–Trinajstić information content (AvgIpc) is 2.88. The average molecular weight is 336 g/mol. The highest BCUT2D eigenvalue weighted by Crippen LogP contribution is 2.23. The zero-order chi connectivity index (χ0) is 16.4. The lowest BCUT2D eigenvalue weighted by Gasteiger charge is -2.31. The summed E-state index contributed by atoms with van der Waals surface area (Å²) in [5.74, 6) is 0.579. The Morgan fingerprint density at radius 1 is 1.26 bits per heavy atom. The Bertz CT molecular complexity index is 590. The Hall–Kier alpha value is -1.75. The predicted octanol–water partition coefficient (Wildman–Crippen LogP) is 2.89. The molecule has 2 heterocycles. The molecule has 3 rings (SSSR count). The Morgan fingerprint density at radius 2 is 2.00 bits per heavy atom. The molecule has 0 aromatic heterocycles. The van der Waals surface area contributed by atoms with Crippen LogP contribution in [0.4, 0.5) is 10.5 Å². The van der Waals surface area contributed by atoms with E-state index >= 15 is 0 Å². The van der Waals surface area contributed by atoms with Crippen molar-refractivity contribution in [3.63, 3.8) is 0 Å². The zero-order valence-electron chi connectivity index (χ0n) is 13.3. The summed E-state index contributed by atoms with van der Waals surface area (Å²) in [7, 11) is 0. The molecule has 2 atom stereocenters. The number of amides is 3. The first-order chi connectivity index (χ1) is 11.0. The van der Waals surface area contributed by atoms with Gasteiger partial charge in [0.05, 0.1) is 6.04 Å². The molecule has 0 saturated carbocycles. The van der Waals surface area contributed by atoms with Gasteiger partial charge in [0, 0.05) is 36.8 Å². The third-order valence-electron chi connectivity index (χ3n) is 4.54. The Balaban J connectivity index is 1.59. The van der Waals surface area contributed by atoms with E-state index in [1.54, 1.807) is 17.0 Å². The van der Waals surface area contributed by atoms with Gasteiger partial charge in [-0.15, -0.1) is 0 Å². The molecule has 2 saturated heterocycles. The fourth-order valence-electron chi connectivity index (χ4n) is 3.31. The van der Waals surface area contributed by atoms with E-state index in [9.17, 15) is 9.59 Å². The van der Waals surface area contributed by atoms with Gasteiger partial charge in [-0.1, -0.05) is 18.5 Å². The minimum Gasteiger partial charge on any atom is -0.333 e. The molecule has 5 nitrogen and oxygen atoms in total. The van der Waals surface area contributed by atoms with Crippen molar-refractivity contribution in [1.82, 2.24) is 10.2 Å². The molecular weight excluding hydrogens is 314 g/mol. The Morgan fingerprint density at radius 3 is 2.70 bits per heavy atom. The highest BCUT2D eigenvalue weighted by Gasteiger charge is 2.33. The lowest BCUT2D eigenvalue weighted by molar-refractivity contribution is -0.117. The molecule has 124 valence electrons. The number of carbonyl (C=O) groups is 2. The van der Waals surface area contributed by atoms with Gasteiger partial charge in [-0.3, -0.25) is 4.79 Å². The second kappa shape index (κ2) is 6.79. The van der Waals surface area contributed by atoms with Crippen LogP contribution in [0.3, 0.4) is 0 Å². The van der Waals surface area contributed by atoms with Crippen LogP contribution in [-0.4, -0.2) is 42.5 Å². The third kappa shape index (κ3) is 3.78. The van der Waals surface area contributed by atoms with Gasteiger partial charge in [0.25, 0.3) is 0 Å². The van der Waals surface area contributed by atoms with E-state index in [1.807, 2.05) is 17.0 Å². The molecule has 2 fully saturated rings. The van der Waals surface area contributed by atoms with Crippen LogP contribution in [0, 0.1) is 5.92 Å². The van der Waals surface area contributed by atoms with Crippen molar-refractivity contribution in [2.45, 2.75) is 32.2 Å². The smallest absolute Gasteiger partial charge is 0.317 e. The zero-order valence-corrected chi connectivity index (χ0v) is 14.1. The van der Waals surface area contributed by atoms with Gasteiger partial charge in [0.15, 0.2) is 0 Å². The molecular formula is C17H22ClN3O2. The van der Waals surface area contributed by atoms with Crippen molar-refractivity contribution < 1.29 is 9.59 Å². The monoisotopic (exact) mass is 335 g/mol. The maximum atomic E-state index is 12.4. The summed E-state index contributed by atoms with van der Waals surface area (Å²) >= 11 is 5.88. The first-order valence-corrected chi connectivity index (χ1v) is 8.52. The Labute approximate surface area is 141 Å². The van der Waals surface area contributed by atoms with Gasteiger partial charge in [0.1, 0.15) is 0 Å². The molecule has 0 radical (unpaired) electrons. The molecule has 0 spiro atoms. The summed E-state index contributed by atoms with van der Waals surface area (Å²) in [5, 5.41) is 3.65. The first-order valence-electron chi connectivity index (χ1n) is 8.14. The molecule has 1 aromatic carbocycles. The van der Waals surface area contributed by atoms with E-state index < -0.39 is 0 Å². The number of nitrogens with zero attached hydrogens (tertiary/aromatic N) is 2. The second-order valence-electron chi connectivity index (χ2n) is 6.52. The number of hydrogen-bond donors (Lipinski definition) is 1. The number of urea groups is 1. The molecule has 1 N–H and O–H groups in total. The van der Waals surface area contributed by atoms with Gasteiger partial charge in [-0.2, -0.15) is 0 Å². The maximum absolute atomic E-state index is 12.4. The summed E-state index contributed by atoms with van der Waals surface area (Å²) in [6.07, 6.45) is 2.57. The van der Waals surface area contributed by atoms with E-state index in [1.165, 1.54) is 6.42 Å². The number of rotatable bonds is 2. The van der Waals surface area contributed by atoms with Crippen molar-refractivity contribution >= 4 is 29.2 Å². The van der Waals surface area contributed by atoms with Crippen LogP contribution in [-0.2, 0) is 4.79 Å². The van der Waals surface area contributed by atoms with Gasteiger partial charge < -0.3 is 15.1 Å².